The highest BCUT2D eigenvalue weighted by Crippen LogP contribution is 2.39. The smallest absolute Gasteiger partial charge is 0.247 e. The lowest BCUT2D eigenvalue weighted by molar-refractivity contribution is -0.345. The van der Waals surface area contributed by atoms with Gasteiger partial charge in [0.05, 0.1) is 0 Å². The van der Waals surface area contributed by atoms with Gasteiger partial charge in [-0.2, -0.15) is 35.1 Å². The van der Waals surface area contributed by atoms with E-state index in [-0.39, 0.29) is 0 Å². The number of halogens is 10. The lowest BCUT2D eigenvalue weighted by Crippen LogP contribution is -2.37. The van der Waals surface area contributed by atoms with Gasteiger partial charge in [0.2, 0.25) is 0 Å². The lowest BCUT2D eigenvalue weighted by Gasteiger charge is -2.24. The van der Waals surface area contributed by atoms with Crippen LogP contribution in [-0.2, 0) is 4.74 Å². The van der Waals surface area contributed by atoms with Crippen LogP contribution in [0, 0.1) is 0 Å². The first-order valence-corrected chi connectivity index (χ1v) is 4.16. The first kappa shape index (κ1) is 17.7. The second-order valence-corrected chi connectivity index (χ2v) is 2.88. The van der Waals surface area contributed by atoms with Crippen LogP contribution >= 0.6 is 0 Å². The summed E-state index contributed by atoms with van der Waals surface area (Å²) >= 11 is 0. The largest absolute Gasteiger partial charge is 0.392 e. The topological polar surface area (TPSA) is 9.23 Å². The van der Waals surface area contributed by atoms with Crippen LogP contribution in [0.15, 0.2) is 23.3 Å². The van der Waals surface area contributed by atoms with Crippen molar-refractivity contribution in [3.8, 4) is 0 Å². The Morgan fingerprint density at radius 3 is 1.11 bits per heavy atom. The molecule has 0 aromatic carbocycles. The van der Waals surface area contributed by atoms with Crippen molar-refractivity contribution in [1.82, 2.24) is 0 Å². The van der Waals surface area contributed by atoms with Gasteiger partial charge in [-0.3, -0.25) is 0 Å². The summed E-state index contributed by atoms with van der Waals surface area (Å²) in [6.45, 7) is -5.14. The summed E-state index contributed by atoms with van der Waals surface area (Å²) in [4.78, 5) is 0. The van der Waals surface area contributed by atoms with Gasteiger partial charge >= 0.3 is 12.2 Å². The molecule has 1 nitrogen and oxygen atoms in total. The fourth-order valence-corrected chi connectivity index (χ4v) is 0.761. The highest BCUT2D eigenvalue weighted by atomic mass is 19.3. The van der Waals surface area contributed by atoms with Gasteiger partial charge in [0, 0.05) is 0 Å². The summed E-state index contributed by atoms with van der Waals surface area (Å²) in [5.74, 6) is 0. The molecule has 0 aliphatic carbocycles. The molecule has 0 bridgehead atoms. The number of alkyl halides is 6. The lowest BCUT2D eigenvalue weighted by atomic mass is 10.2. The van der Waals surface area contributed by atoms with Crippen LogP contribution in [0.1, 0.15) is 0 Å². The standard InChI is InChI=1S/C8H4F10O/c9-1-3(5(11)12)7(15,16)19-8(17,18)4(2-10)6(13)14/h1-2H2. The quantitative estimate of drug-likeness (QED) is 0.660. The Morgan fingerprint density at radius 1 is 0.684 bits per heavy atom. The highest BCUT2D eigenvalue weighted by molar-refractivity contribution is 5.14. The Morgan fingerprint density at radius 2 is 0.947 bits per heavy atom. The minimum Gasteiger partial charge on any atom is -0.247 e. The van der Waals surface area contributed by atoms with Crippen molar-refractivity contribution >= 4 is 0 Å². The second-order valence-electron chi connectivity index (χ2n) is 2.88. The van der Waals surface area contributed by atoms with Crippen LogP contribution in [0.3, 0.4) is 0 Å². The third-order valence-corrected chi connectivity index (χ3v) is 1.68. The molecule has 0 saturated carbocycles. The van der Waals surface area contributed by atoms with Crippen LogP contribution in [0.4, 0.5) is 43.9 Å². The van der Waals surface area contributed by atoms with E-state index in [9.17, 15) is 43.9 Å². The fraction of sp³-hybridized carbons (Fsp3) is 0.500. The van der Waals surface area contributed by atoms with Crippen molar-refractivity contribution in [3.05, 3.63) is 23.3 Å². The Bertz CT molecular complexity index is 341. The molecule has 11 heteroatoms. The zero-order valence-corrected chi connectivity index (χ0v) is 8.60. The molecular formula is C8H4F10O. The second kappa shape index (κ2) is 6.26. The molecule has 0 aromatic heterocycles. The van der Waals surface area contributed by atoms with Crippen molar-refractivity contribution in [2.75, 3.05) is 13.3 Å². The molecular weight excluding hydrogens is 302 g/mol. The molecule has 0 N–H and O–H groups in total. The molecule has 0 fully saturated rings. The first-order chi connectivity index (χ1) is 8.49. The average Bonchev–Trinajstić information content (AvgIpc) is 2.14. The van der Waals surface area contributed by atoms with E-state index in [1.807, 2.05) is 0 Å². The van der Waals surface area contributed by atoms with E-state index in [4.69, 9.17) is 0 Å². The summed E-state index contributed by atoms with van der Waals surface area (Å²) in [6, 6.07) is 0. The number of ether oxygens (including phenoxy) is 1. The number of hydrogen-bond acceptors (Lipinski definition) is 1. The Kier molecular flexibility index (Phi) is 5.84. The zero-order valence-electron chi connectivity index (χ0n) is 8.60. The molecule has 112 valence electrons. The van der Waals surface area contributed by atoms with E-state index in [0.717, 1.165) is 0 Å². The molecule has 0 aromatic rings. The molecule has 0 saturated heterocycles. The minimum absolute atomic E-state index is 2.43. The van der Waals surface area contributed by atoms with E-state index in [0.29, 0.717) is 0 Å². The van der Waals surface area contributed by atoms with Gasteiger partial charge in [0.1, 0.15) is 24.5 Å². The van der Waals surface area contributed by atoms with Gasteiger partial charge in [0.15, 0.2) is 0 Å². The Labute approximate surface area is 98.7 Å². The molecule has 0 spiro atoms. The Balaban J connectivity index is 5.44. The first-order valence-electron chi connectivity index (χ1n) is 4.16. The maximum atomic E-state index is 12.7. The van der Waals surface area contributed by atoms with Crippen LogP contribution in [0.2, 0.25) is 0 Å². The molecule has 0 heterocycles. The third-order valence-electron chi connectivity index (χ3n) is 1.68. The molecule has 0 amide bonds. The fourth-order valence-electron chi connectivity index (χ4n) is 0.761. The van der Waals surface area contributed by atoms with Gasteiger partial charge in [-0.15, -0.1) is 0 Å². The normalized spacial score (nSPS) is 12.3. The van der Waals surface area contributed by atoms with Crippen LogP contribution in [0.25, 0.3) is 0 Å². The van der Waals surface area contributed by atoms with Gasteiger partial charge in [-0.1, -0.05) is 0 Å². The van der Waals surface area contributed by atoms with Crippen LogP contribution in [-0.4, -0.2) is 25.6 Å². The van der Waals surface area contributed by atoms with Crippen molar-refractivity contribution < 1.29 is 48.6 Å². The van der Waals surface area contributed by atoms with Gasteiger partial charge in [0.25, 0.3) is 12.2 Å². The molecule has 0 radical (unpaired) electrons. The van der Waals surface area contributed by atoms with Gasteiger partial charge in [-0.05, 0) is 0 Å². The average molecular weight is 306 g/mol. The van der Waals surface area contributed by atoms with Gasteiger partial charge in [-0.25, -0.2) is 13.5 Å². The number of hydrogen-bond donors (Lipinski definition) is 0. The summed E-state index contributed by atoms with van der Waals surface area (Å²) in [5, 5.41) is 0. The number of rotatable bonds is 6. The van der Waals surface area contributed by atoms with E-state index >= 15 is 0 Å². The SMILES string of the molecule is FCC(=C(F)F)C(F)(F)OC(F)(F)C(CF)=C(F)F. The van der Waals surface area contributed by atoms with Crippen molar-refractivity contribution in [3.63, 3.8) is 0 Å². The molecule has 0 aliphatic heterocycles. The minimum atomic E-state index is -5.59. The summed E-state index contributed by atoms with van der Waals surface area (Å²) in [5.41, 5.74) is -5.55. The molecule has 0 atom stereocenters. The maximum Gasteiger partial charge on any atom is 0.392 e. The molecule has 19 heavy (non-hydrogen) atoms. The van der Waals surface area contributed by atoms with E-state index in [1.165, 1.54) is 0 Å². The highest BCUT2D eigenvalue weighted by Gasteiger charge is 2.52. The van der Waals surface area contributed by atoms with E-state index < -0.39 is 48.9 Å². The zero-order chi connectivity index (χ0) is 15.4. The van der Waals surface area contributed by atoms with Crippen molar-refractivity contribution in [2.24, 2.45) is 0 Å². The summed E-state index contributed by atoms with van der Waals surface area (Å²) < 4.78 is 124. The molecule has 0 unspecified atom stereocenters. The van der Waals surface area contributed by atoms with Crippen LogP contribution in [0.5, 0.6) is 0 Å². The predicted octanol–water partition coefficient (Wildman–Crippen LogP) is 4.43. The van der Waals surface area contributed by atoms with E-state index in [1.54, 1.807) is 0 Å². The maximum absolute atomic E-state index is 12.7. The predicted molar refractivity (Wildman–Crippen MR) is 41.4 cm³/mol. The van der Waals surface area contributed by atoms with Gasteiger partial charge < -0.3 is 0 Å². The van der Waals surface area contributed by atoms with E-state index in [2.05, 4.69) is 4.74 Å². The third kappa shape index (κ3) is 4.40. The molecule has 0 aliphatic rings. The summed E-state index contributed by atoms with van der Waals surface area (Å²) in [6.07, 6.45) is -17.9. The van der Waals surface area contributed by atoms with Crippen molar-refractivity contribution in [1.29, 1.82) is 0 Å². The van der Waals surface area contributed by atoms with Crippen LogP contribution < -0.4 is 0 Å². The summed E-state index contributed by atoms with van der Waals surface area (Å²) in [7, 11) is 0. The monoisotopic (exact) mass is 306 g/mol. The van der Waals surface area contributed by atoms with Crippen molar-refractivity contribution in [2.45, 2.75) is 12.2 Å². The Hall–Kier alpha value is -1.26. The molecule has 0 rings (SSSR count).